The zero-order valence-corrected chi connectivity index (χ0v) is 17.1. The molecule has 0 saturated carbocycles. The fraction of sp³-hybridized carbons (Fsp3) is 0.600. The fourth-order valence-corrected chi connectivity index (χ4v) is 3.73. The van der Waals surface area contributed by atoms with Gasteiger partial charge in [-0.25, -0.2) is 9.18 Å². The third-order valence-electron chi connectivity index (χ3n) is 5.00. The first kappa shape index (κ1) is 22.6. The lowest BCUT2D eigenvalue weighted by atomic mass is 9.75. The second-order valence-corrected chi connectivity index (χ2v) is 8.17. The molecule has 1 heterocycles. The predicted molar refractivity (Wildman–Crippen MR) is 102 cm³/mol. The minimum absolute atomic E-state index is 0.117. The van der Waals surface area contributed by atoms with E-state index in [0.717, 1.165) is 0 Å². The van der Waals surface area contributed by atoms with Gasteiger partial charge in [-0.1, -0.05) is 12.1 Å². The van der Waals surface area contributed by atoms with E-state index in [1.165, 1.54) is 36.3 Å². The third-order valence-corrected chi connectivity index (χ3v) is 5.00. The number of esters is 1. The van der Waals surface area contributed by atoms with Crippen LogP contribution in [0.1, 0.15) is 58.1 Å². The number of nitro groups is 1. The van der Waals surface area contributed by atoms with Crippen molar-refractivity contribution in [3.8, 4) is 0 Å². The Bertz CT molecular complexity index is 761. The molecule has 0 aromatic heterocycles. The van der Waals surface area contributed by atoms with E-state index in [4.69, 9.17) is 4.74 Å². The quantitative estimate of drug-likeness (QED) is 0.415. The van der Waals surface area contributed by atoms with Crippen LogP contribution in [0.3, 0.4) is 0 Å². The molecule has 2 atom stereocenters. The van der Waals surface area contributed by atoms with E-state index < -0.39 is 40.0 Å². The Labute approximate surface area is 169 Å². The summed E-state index contributed by atoms with van der Waals surface area (Å²) in [6.45, 7) is 5.38. The van der Waals surface area contributed by atoms with Crippen molar-refractivity contribution in [1.29, 1.82) is 0 Å². The minimum Gasteiger partial charge on any atom is -0.469 e. The molecular weight excluding hydrogens is 383 g/mol. The molecule has 1 saturated heterocycles. The van der Waals surface area contributed by atoms with Crippen LogP contribution >= 0.6 is 0 Å². The molecule has 0 spiro atoms. The van der Waals surface area contributed by atoms with Gasteiger partial charge in [-0.05, 0) is 44.9 Å². The average Bonchev–Trinajstić information content (AvgIpc) is 2.64. The maximum Gasteiger partial charge on any atom is 0.411 e. The summed E-state index contributed by atoms with van der Waals surface area (Å²) in [5, 5.41) is 12.3. The molecule has 0 radical (unpaired) electrons. The summed E-state index contributed by atoms with van der Waals surface area (Å²) in [5.41, 5.74) is -2.00. The number of amides is 1. The van der Waals surface area contributed by atoms with Crippen molar-refractivity contribution in [1.82, 2.24) is 4.90 Å². The lowest BCUT2D eigenvalue weighted by molar-refractivity contribution is -0.585. The number of halogens is 1. The number of methoxy groups -OCH3 is 1. The monoisotopic (exact) mass is 410 g/mol. The van der Waals surface area contributed by atoms with Crippen LogP contribution in [0.25, 0.3) is 0 Å². The number of carbonyl (C=O) groups excluding carboxylic acids is 2. The molecule has 29 heavy (non-hydrogen) atoms. The number of nitrogens with zero attached hydrogens (tertiary/aromatic N) is 2. The molecule has 0 aliphatic carbocycles. The van der Waals surface area contributed by atoms with Gasteiger partial charge in [0.1, 0.15) is 17.5 Å². The molecule has 2 rings (SSSR count). The second kappa shape index (κ2) is 8.75. The highest BCUT2D eigenvalue weighted by atomic mass is 19.1. The van der Waals surface area contributed by atoms with Crippen LogP contribution in [0.4, 0.5) is 9.18 Å². The van der Waals surface area contributed by atoms with Gasteiger partial charge in [0.05, 0.1) is 13.5 Å². The zero-order valence-electron chi connectivity index (χ0n) is 17.1. The van der Waals surface area contributed by atoms with Gasteiger partial charge in [-0.2, -0.15) is 0 Å². The van der Waals surface area contributed by atoms with Gasteiger partial charge >= 0.3 is 12.1 Å². The molecule has 1 aliphatic rings. The van der Waals surface area contributed by atoms with E-state index in [1.807, 2.05) is 0 Å². The van der Waals surface area contributed by atoms with Crippen molar-refractivity contribution < 1.29 is 28.4 Å². The summed E-state index contributed by atoms with van der Waals surface area (Å²) in [6.07, 6.45) is -0.432. The van der Waals surface area contributed by atoms with E-state index in [0.29, 0.717) is 12.0 Å². The molecule has 1 amide bonds. The minimum atomic E-state index is -1.62. The third kappa shape index (κ3) is 5.21. The van der Waals surface area contributed by atoms with E-state index in [2.05, 4.69) is 4.74 Å². The summed E-state index contributed by atoms with van der Waals surface area (Å²) in [6, 6.07) is 4.24. The topological polar surface area (TPSA) is 99.0 Å². The van der Waals surface area contributed by atoms with Crippen LogP contribution in [0, 0.1) is 15.9 Å². The number of piperidine rings is 1. The molecule has 1 aromatic rings. The van der Waals surface area contributed by atoms with Gasteiger partial charge in [-0.3, -0.25) is 19.8 Å². The number of likely N-dealkylation sites (tertiary alicyclic amines) is 1. The lowest BCUT2D eigenvalue weighted by Gasteiger charge is -2.44. The van der Waals surface area contributed by atoms with Crippen molar-refractivity contribution in [3.63, 3.8) is 0 Å². The summed E-state index contributed by atoms with van der Waals surface area (Å²) in [5.74, 6) is -1.06. The first-order valence-corrected chi connectivity index (χ1v) is 9.46. The first-order chi connectivity index (χ1) is 13.5. The Morgan fingerprint density at radius 2 is 1.93 bits per heavy atom. The van der Waals surface area contributed by atoms with Crippen LogP contribution in [0.15, 0.2) is 24.3 Å². The molecule has 0 bridgehead atoms. The first-order valence-electron chi connectivity index (χ1n) is 9.46. The zero-order chi connectivity index (χ0) is 21.8. The van der Waals surface area contributed by atoms with Crippen molar-refractivity contribution in [2.45, 2.75) is 63.6 Å². The maximum absolute atomic E-state index is 13.5. The summed E-state index contributed by atoms with van der Waals surface area (Å²) in [4.78, 5) is 37.8. The summed E-state index contributed by atoms with van der Waals surface area (Å²) in [7, 11) is 1.21. The van der Waals surface area contributed by atoms with Gasteiger partial charge in [-0.15, -0.1) is 0 Å². The Balaban J connectivity index is 2.53. The number of hydrogen-bond acceptors (Lipinski definition) is 6. The summed E-state index contributed by atoms with van der Waals surface area (Å²) >= 11 is 0. The second-order valence-electron chi connectivity index (χ2n) is 8.17. The number of rotatable bonds is 5. The van der Waals surface area contributed by atoms with Crippen LogP contribution in [-0.4, -0.2) is 46.7 Å². The number of carbonyl (C=O) groups is 2. The molecule has 1 fully saturated rings. The standard InChI is InChI=1S/C20H27FN2O6/c1-19(2,3)29-18(25)22-13-5-11-20(23(26)27,12-10-16(24)28-4)17(22)14-6-8-15(21)9-7-14/h6-9,17H,5,10-13H2,1-4H3/t17-,20+/m0/s1. The number of hydrogen-bond donors (Lipinski definition) is 0. The Hall–Kier alpha value is -2.71. The molecule has 9 heteroatoms. The highest BCUT2D eigenvalue weighted by Crippen LogP contribution is 2.45. The van der Waals surface area contributed by atoms with Gasteiger partial charge in [0.15, 0.2) is 0 Å². The fourth-order valence-electron chi connectivity index (χ4n) is 3.73. The van der Waals surface area contributed by atoms with E-state index in [-0.39, 0.29) is 25.8 Å². The van der Waals surface area contributed by atoms with Gasteiger partial charge in [0.2, 0.25) is 5.54 Å². The van der Waals surface area contributed by atoms with Crippen molar-refractivity contribution in [2.75, 3.05) is 13.7 Å². The largest absolute Gasteiger partial charge is 0.469 e. The molecule has 1 aliphatic heterocycles. The van der Waals surface area contributed by atoms with Gasteiger partial charge in [0.25, 0.3) is 0 Å². The SMILES string of the molecule is COC(=O)CC[C@]1([N+](=O)[O-])CCCN(C(=O)OC(C)(C)C)[C@H]1c1ccc(F)cc1. The molecule has 1 aromatic carbocycles. The maximum atomic E-state index is 13.5. The van der Waals surface area contributed by atoms with E-state index in [9.17, 15) is 24.1 Å². The molecular formula is C20H27FN2O6. The highest BCUT2D eigenvalue weighted by molar-refractivity contribution is 5.70. The van der Waals surface area contributed by atoms with Crippen LogP contribution in [-0.2, 0) is 14.3 Å². The van der Waals surface area contributed by atoms with E-state index >= 15 is 0 Å². The molecule has 0 N–H and O–H groups in total. The summed E-state index contributed by atoms with van der Waals surface area (Å²) < 4.78 is 23.6. The lowest BCUT2D eigenvalue weighted by Crippen LogP contribution is -2.57. The van der Waals surface area contributed by atoms with Gasteiger partial charge in [0, 0.05) is 24.3 Å². The van der Waals surface area contributed by atoms with Crippen molar-refractivity contribution >= 4 is 12.1 Å². The smallest absolute Gasteiger partial charge is 0.411 e. The normalized spacial score (nSPS) is 22.1. The van der Waals surface area contributed by atoms with E-state index in [1.54, 1.807) is 20.8 Å². The van der Waals surface area contributed by atoms with Crippen molar-refractivity contribution in [3.05, 3.63) is 45.8 Å². The highest BCUT2D eigenvalue weighted by Gasteiger charge is 2.57. The average molecular weight is 410 g/mol. The van der Waals surface area contributed by atoms with Crippen LogP contribution in [0.5, 0.6) is 0 Å². The van der Waals surface area contributed by atoms with Gasteiger partial charge < -0.3 is 9.47 Å². The predicted octanol–water partition coefficient (Wildman–Crippen LogP) is 3.87. The Morgan fingerprint density at radius 1 is 1.31 bits per heavy atom. The van der Waals surface area contributed by atoms with Crippen LogP contribution < -0.4 is 0 Å². The van der Waals surface area contributed by atoms with Crippen molar-refractivity contribution in [2.24, 2.45) is 0 Å². The molecule has 160 valence electrons. The Morgan fingerprint density at radius 3 is 2.45 bits per heavy atom. The number of benzene rings is 1. The number of ether oxygens (including phenoxy) is 2. The Kier molecular flexibility index (Phi) is 6.81. The molecule has 8 nitrogen and oxygen atoms in total. The van der Waals surface area contributed by atoms with Crippen LogP contribution in [0.2, 0.25) is 0 Å². The molecule has 0 unspecified atom stereocenters.